The molecule has 1 aromatic rings. The third-order valence-corrected chi connectivity index (χ3v) is 4.88. The molecular formula is C16H23BrN2O. The molecule has 0 bridgehead atoms. The van der Waals surface area contributed by atoms with Gasteiger partial charge in [0.25, 0.3) is 5.91 Å². The number of carbonyl (C=O) groups excluding carboxylic acids is 1. The van der Waals surface area contributed by atoms with Crippen molar-refractivity contribution in [1.29, 1.82) is 0 Å². The molecule has 0 atom stereocenters. The largest absolute Gasteiger partial charge is 0.339 e. The van der Waals surface area contributed by atoms with Crippen molar-refractivity contribution < 1.29 is 4.79 Å². The molecule has 0 aliphatic carbocycles. The summed E-state index contributed by atoms with van der Waals surface area (Å²) in [7, 11) is 1.94. The first-order valence-electron chi connectivity index (χ1n) is 7.30. The van der Waals surface area contributed by atoms with Gasteiger partial charge < -0.3 is 9.80 Å². The van der Waals surface area contributed by atoms with Gasteiger partial charge in [-0.2, -0.15) is 0 Å². The van der Waals surface area contributed by atoms with Crippen LogP contribution in [0.4, 0.5) is 0 Å². The molecule has 1 aliphatic heterocycles. The van der Waals surface area contributed by atoms with E-state index in [4.69, 9.17) is 0 Å². The second-order valence-electron chi connectivity index (χ2n) is 5.41. The second kappa shape index (κ2) is 7.23. The Balaban J connectivity index is 1.97. The molecule has 1 amide bonds. The van der Waals surface area contributed by atoms with Crippen LogP contribution >= 0.6 is 15.9 Å². The first kappa shape index (κ1) is 15.5. The number of hydrogen-bond acceptors (Lipinski definition) is 2. The summed E-state index contributed by atoms with van der Waals surface area (Å²) in [5.74, 6) is 0.140. The zero-order valence-electron chi connectivity index (χ0n) is 12.3. The van der Waals surface area contributed by atoms with E-state index in [-0.39, 0.29) is 5.91 Å². The van der Waals surface area contributed by atoms with Gasteiger partial charge in [0.2, 0.25) is 0 Å². The smallest absolute Gasteiger partial charge is 0.253 e. The van der Waals surface area contributed by atoms with Gasteiger partial charge in [0, 0.05) is 37.1 Å². The summed E-state index contributed by atoms with van der Waals surface area (Å²) in [5.41, 5.74) is 1.98. The summed E-state index contributed by atoms with van der Waals surface area (Å²) in [4.78, 5) is 16.9. The molecule has 0 saturated carbocycles. The highest BCUT2D eigenvalue weighted by Gasteiger charge is 2.25. The lowest BCUT2D eigenvalue weighted by Gasteiger charge is -2.36. The Morgan fingerprint density at radius 1 is 1.30 bits per heavy atom. The van der Waals surface area contributed by atoms with Crippen LogP contribution in [0.25, 0.3) is 0 Å². The molecule has 1 saturated heterocycles. The fraction of sp³-hybridized carbons (Fsp3) is 0.562. The number of halogens is 1. The summed E-state index contributed by atoms with van der Waals surface area (Å²) in [6.45, 7) is 5.50. The quantitative estimate of drug-likeness (QED) is 0.787. The number of carbonyl (C=O) groups is 1. The van der Waals surface area contributed by atoms with Gasteiger partial charge in [0.15, 0.2) is 0 Å². The Labute approximate surface area is 130 Å². The Morgan fingerprint density at radius 2 is 1.90 bits per heavy atom. The van der Waals surface area contributed by atoms with Gasteiger partial charge in [-0.3, -0.25) is 4.79 Å². The molecule has 2 rings (SSSR count). The molecule has 3 nitrogen and oxygen atoms in total. The minimum atomic E-state index is 0.140. The van der Waals surface area contributed by atoms with E-state index in [1.807, 2.05) is 36.2 Å². The van der Waals surface area contributed by atoms with Crippen molar-refractivity contribution in [2.24, 2.45) is 0 Å². The molecule has 110 valence electrons. The van der Waals surface area contributed by atoms with Gasteiger partial charge in [0.1, 0.15) is 0 Å². The van der Waals surface area contributed by atoms with E-state index in [0.717, 1.165) is 43.4 Å². The molecule has 1 heterocycles. The van der Waals surface area contributed by atoms with Crippen molar-refractivity contribution in [3.63, 3.8) is 0 Å². The van der Waals surface area contributed by atoms with Crippen LogP contribution in [-0.2, 0) is 5.33 Å². The van der Waals surface area contributed by atoms with E-state index in [2.05, 4.69) is 27.8 Å². The Morgan fingerprint density at radius 3 is 2.40 bits per heavy atom. The average molecular weight is 339 g/mol. The topological polar surface area (TPSA) is 23.6 Å². The van der Waals surface area contributed by atoms with Crippen molar-refractivity contribution in [3.05, 3.63) is 35.4 Å². The minimum absolute atomic E-state index is 0.140. The van der Waals surface area contributed by atoms with E-state index in [1.54, 1.807) is 0 Å². The standard InChI is InChI=1S/C16H23BrN2O/c1-3-19-10-8-15(9-11-19)18(2)16(20)14-6-4-13(12-17)5-7-14/h4-7,15H,3,8-12H2,1-2H3. The van der Waals surface area contributed by atoms with Crippen LogP contribution in [-0.4, -0.2) is 48.4 Å². The number of rotatable bonds is 4. The van der Waals surface area contributed by atoms with Crippen LogP contribution in [0.1, 0.15) is 35.7 Å². The van der Waals surface area contributed by atoms with E-state index in [0.29, 0.717) is 6.04 Å². The summed E-state index contributed by atoms with van der Waals surface area (Å²) < 4.78 is 0. The van der Waals surface area contributed by atoms with Gasteiger partial charge >= 0.3 is 0 Å². The lowest BCUT2D eigenvalue weighted by Crippen LogP contribution is -2.45. The Bertz CT molecular complexity index is 438. The van der Waals surface area contributed by atoms with Crippen molar-refractivity contribution in [3.8, 4) is 0 Å². The van der Waals surface area contributed by atoms with E-state index >= 15 is 0 Å². The van der Waals surface area contributed by atoms with E-state index in [9.17, 15) is 4.79 Å². The minimum Gasteiger partial charge on any atom is -0.339 e. The number of nitrogens with zero attached hydrogens (tertiary/aromatic N) is 2. The number of hydrogen-bond donors (Lipinski definition) is 0. The number of amides is 1. The van der Waals surface area contributed by atoms with Gasteiger partial charge in [0.05, 0.1) is 0 Å². The molecule has 0 radical (unpaired) electrons. The number of piperidine rings is 1. The predicted molar refractivity (Wildman–Crippen MR) is 86.3 cm³/mol. The Hall–Kier alpha value is -0.870. The van der Waals surface area contributed by atoms with Crippen molar-refractivity contribution >= 4 is 21.8 Å². The van der Waals surface area contributed by atoms with Crippen LogP contribution in [0.3, 0.4) is 0 Å². The van der Waals surface area contributed by atoms with Crippen LogP contribution < -0.4 is 0 Å². The molecule has 1 aromatic carbocycles. The van der Waals surface area contributed by atoms with Crippen LogP contribution in [0.5, 0.6) is 0 Å². The second-order valence-corrected chi connectivity index (χ2v) is 5.97. The number of alkyl halides is 1. The SMILES string of the molecule is CCN1CCC(N(C)C(=O)c2ccc(CBr)cc2)CC1. The highest BCUT2D eigenvalue weighted by Crippen LogP contribution is 2.18. The van der Waals surface area contributed by atoms with Gasteiger partial charge in [-0.1, -0.05) is 35.0 Å². The molecule has 0 aromatic heterocycles. The third kappa shape index (κ3) is 3.61. The van der Waals surface area contributed by atoms with Crippen LogP contribution in [0, 0.1) is 0 Å². The van der Waals surface area contributed by atoms with Crippen molar-refractivity contribution in [2.45, 2.75) is 31.1 Å². The molecule has 0 N–H and O–H groups in total. The molecule has 20 heavy (non-hydrogen) atoms. The molecule has 1 fully saturated rings. The summed E-state index contributed by atoms with van der Waals surface area (Å²) in [5, 5.41) is 0.826. The highest BCUT2D eigenvalue weighted by molar-refractivity contribution is 9.08. The summed E-state index contributed by atoms with van der Waals surface area (Å²) in [6.07, 6.45) is 2.16. The average Bonchev–Trinajstić information content (AvgIpc) is 2.53. The first-order valence-corrected chi connectivity index (χ1v) is 8.42. The highest BCUT2D eigenvalue weighted by atomic mass is 79.9. The van der Waals surface area contributed by atoms with Gasteiger partial charge in [-0.15, -0.1) is 0 Å². The fourth-order valence-electron chi connectivity index (χ4n) is 2.73. The zero-order valence-corrected chi connectivity index (χ0v) is 13.9. The normalized spacial score (nSPS) is 17.1. The number of likely N-dealkylation sites (tertiary alicyclic amines) is 1. The molecule has 1 aliphatic rings. The summed E-state index contributed by atoms with van der Waals surface area (Å²) in [6, 6.07) is 8.25. The van der Waals surface area contributed by atoms with E-state index in [1.165, 1.54) is 5.56 Å². The predicted octanol–water partition coefficient (Wildman–Crippen LogP) is 3.14. The number of benzene rings is 1. The maximum atomic E-state index is 12.5. The lowest BCUT2D eigenvalue weighted by molar-refractivity contribution is 0.0647. The maximum absolute atomic E-state index is 12.5. The summed E-state index contributed by atoms with van der Waals surface area (Å²) >= 11 is 3.42. The third-order valence-electron chi connectivity index (χ3n) is 4.23. The lowest BCUT2D eigenvalue weighted by atomic mass is 10.0. The molecule has 0 unspecified atom stereocenters. The van der Waals surface area contributed by atoms with E-state index < -0.39 is 0 Å². The molecule has 4 heteroatoms. The first-order chi connectivity index (χ1) is 9.65. The van der Waals surface area contributed by atoms with Crippen molar-refractivity contribution in [2.75, 3.05) is 26.7 Å². The van der Waals surface area contributed by atoms with Gasteiger partial charge in [-0.25, -0.2) is 0 Å². The van der Waals surface area contributed by atoms with Crippen LogP contribution in [0.2, 0.25) is 0 Å². The van der Waals surface area contributed by atoms with Gasteiger partial charge in [-0.05, 0) is 37.1 Å². The van der Waals surface area contributed by atoms with Crippen LogP contribution in [0.15, 0.2) is 24.3 Å². The zero-order chi connectivity index (χ0) is 14.5. The monoisotopic (exact) mass is 338 g/mol. The fourth-order valence-corrected chi connectivity index (χ4v) is 3.10. The Kier molecular flexibility index (Phi) is 5.61. The molecule has 0 spiro atoms. The van der Waals surface area contributed by atoms with Crippen molar-refractivity contribution in [1.82, 2.24) is 9.80 Å². The molecular weight excluding hydrogens is 316 g/mol. The maximum Gasteiger partial charge on any atom is 0.253 e.